The largest absolute Gasteiger partial charge is 0.497 e. The number of ether oxygens (including phenoxy) is 1. The lowest BCUT2D eigenvalue weighted by Gasteiger charge is -2.29. The first-order valence-corrected chi connectivity index (χ1v) is 7.49. The molecule has 1 fully saturated rings. The average Bonchev–Trinajstić information content (AvgIpc) is 2.54. The van der Waals surface area contributed by atoms with Crippen molar-refractivity contribution in [2.45, 2.75) is 19.8 Å². The van der Waals surface area contributed by atoms with Crippen molar-refractivity contribution < 1.29 is 13.9 Å². The Hall–Kier alpha value is -2.30. The number of hydrogen-bond acceptors (Lipinski definition) is 4. The third kappa shape index (κ3) is 2.71. The quantitative estimate of drug-likeness (QED) is 0.855. The fourth-order valence-corrected chi connectivity index (χ4v) is 2.74. The van der Waals surface area contributed by atoms with Gasteiger partial charge in [-0.1, -0.05) is 6.92 Å². The van der Waals surface area contributed by atoms with E-state index >= 15 is 0 Å². The Morgan fingerprint density at radius 2 is 2.00 bits per heavy atom. The highest BCUT2D eigenvalue weighted by Gasteiger charge is 2.23. The molecule has 5 nitrogen and oxygen atoms in total. The van der Waals surface area contributed by atoms with Crippen LogP contribution in [0.5, 0.6) is 5.75 Å². The van der Waals surface area contributed by atoms with Crippen molar-refractivity contribution in [2.24, 2.45) is 5.92 Å². The summed E-state index contributed by atoms with van der Waals surface area (Å²) in [6, 6.07) is 6.27. The zero-order valence-corrected chi connectivity index (χ0v) is 12.8. The number of piperidine rings is 1. The third-order valence-electron chi connectivity index (χ3n) is 4.22. The van der Waals surface area contributed by atoms with Gasteiger partial charge in [0.05, 0.1) is 12.5 Å². The summed E-state index contributed by atoms with van der Waals surface area (Å²) in [5, 5.41) is 0.449. The van der Waals surface area contributed by atoms with Gasteiger partial charge in [0, 0.05) is 25.2 Å². The molecular weight excluding hydrogens is 282 g/mol. The maximum Gasteiger partial charge on any atom is 0.289 e. The van der Waals surface area contributed by atoms with E-state index in [1.807, 2.05) is 0 Å². The molecule has 5 heteroatoms. The van der Waals surface area contributed by atoms with Gasteiger partial charge in [0.1, 0.15) is 11.3 Å². The van der Waals surface area contributed by atoms with Crippen molar-refractivity contribution in [1.29, 1.82) is 0 Å². The summed E-state index contributed by atoms with van der Waals surface area (Å²) >= 11 is 0. The summed E-state index contributed by atoms with van der Waals surface area (Å²) in [7, 11) is 1.54. The fraction of sp³-hybridized carbons (Fsp3) is 0.412. The van der Waals surface area contributed by atoms with Crippen LogP contribution in [0.4, 0.5) is 0 Å². The van der Waals surface area contributed by atoms with E-state index in [9.17, 15) is 9.59 Å². The molecule has 0 bridgehead atoms. The second-order valence-electron chi connectivity index (χ2n) is 5.81. The molecule has 1 aliphatic rings. The predicted octanol–water partition coefficient (Wildman–Crippen LogP) is 2.67. The number of nitrogens with zero attached hydrogens (tertiary/aromatic N) is 1. The predicted molar refractivity (Wildman–Crippen MR) is 83.3 cm³/mol. The second kappa shape index (κ2) is 5.83. The normalized spacial score (nSPS) is 16.0. The molecule has 0 radical (unpaired) electrons. The van der Waals surface area contributed by atoms with E-state index in [2.05, 4.69) is 6.92 Å². The third-order valence-corrected chi connectivity index (χ3v) is 4.22. The molecule has 0 unspecified atom stereocenters. The number of hydrogen-bond donors (Lipinski definition) is 0. The lowest BCUT2D eigenvalue weighted by atomic mass is 9.99. The maximum atomic E-state index is 12.5. The monoisotopic (exact) mass is 301 g/mol. The van der Waals surface area contributed by atoms with Crippen molar-refractivity contribution in [3.8, 4) is 5.75 Å². The van der Waals surface area contributed by atoms with Gasteiger partial charge >= 0.3 is 0 Å². The van der Waals surface area contributed by atoms with Crippen molar-refractivity contribution in [3.05, 3.63) is 40.2 Å². The Kier molecular flexibility index (Phi) is 3.88. The van der Waals surface area contributed by atoms with E-state index in [-0.39, 0.29) is 17.1 Å². The van der Waals surface area contributed by atoms with E-state index in [1.165, 1.54) is 6.07 Å². The van der Waals surface area contributed by atoms with Gasteiger partial charge in [-0.3, -0.25) is 9.59 Å². The van der Waals surface area contributed by atoms with Crippen LogP contribution in [-0.2, 0) is 0 Å². The highest BCUT2D eigenvalue weighted by molar-refractivity contribution is 5.93. The number of benzene rings is 1. The fourth-order valence-electron chi connectivity index (χ4n) is 2.74. The van der Waals surface area contributed by atoms with Crippen molar-refractivity contribution >= 4 is 16.9 Å². The Balaban J connectivity index is 1.96. The smallest absolute Gasteiger partial charge is 0.289 e. The summed E-state index contributed by atoms with van der Waals surface area (Å²) < 4.78 is 10.8. The number of rotatable bonds is 2. The van der Waals surface area contributed by atoms with Crippen LogP contribution in [0.1, 0.15) is 30.3 Å². The Labute approximate surface area is 128 Å². The first-order chi connectivity index (χ1) is 10.6. The molecule has 0 spiro atoms. The first kappa shape index (κ1) is 14.6. The summed E-state index contributed by atoms with van der Waals surface area (Å²) in [6.45, 7) is 3.60. The molecule has 3 rings (SSSR count). The van der Waals surface area contributed by atoms with Crippen LogP contribution < -0.4 is 10.2 Å². The molecule has 0 N–H and O–H groups in total. The molecule has 1 amide bonds. The average molecular weight is 301 g/mol. The van der Waals surface area contributed by atoms with Gasteiger partial charge in [0.2, 0.25) is 0 Å². The Morgan fingerprint density at radius 3 is 2.68 bits per heavy atom. The van der Waals surface area contributed by atoms with Gasteiger partial charge in [0.15, 0.2) is 11.2 Å². The summed E-state index contributed by atoms with van der Waals surface area (Å²) in [5.74, 6) is 1.11. The van der Waals surface area contributed by atoms with Gasteiger partial charge in [-0.25, -0.2) is 0 Å². The van der Waals surface area contributed by atoms with Crippen LogP contribution in [0.15, 0.2) is 33.5 Å². The minimum Gasteiger partial charge on any atom is -0.497 e. The minimum atomic E-state index is -0.214. The molecule has 2 heterocycles. The van der Waals surface area contributed by atoms with Gasteiger partial charge < -0.3 is 14.1 Å². The molecule has 1 aliphatic heterocycles. The number of methoxy groups -OCH3 is 1. The molecule has 1 aromatic carbocycles. The lowest BCUT2D eigenvalue weighted by molar-refractivity contribution is 0.0665. The summed E-state index contributed by atoms with van der Waals surface area (Å²) in [5.41, 5.74) is 0.165. The number of carbonyl (C=O) groups is 1. The molecule has 22 heavy (non-hydrogen) atoms. The Bertz CT molecular complexity index is 757. The van der Waals surface area contributed by atoms with Crippen LogP contribution >= 0.6 is 0 Å². The zero-order chi connectivity index (χ0) is 15.7. The van der Waals surface area contributed by atoms with Crippen molar-refractivity contribution in [1.82, 2.24) is 4.90 Å². The van der Waals surface area contributed by atoms with E-state index in [0.717, 1.165) is 12.8 Å². The standard InChI is InChI=1S/C17H19NO4/c1-11-5-7-18(8-6-11)17(20)16-10-14(19)13-4-3-12(21-2)9-15(13)22-16/h3-4,9-11H,5-8H2,1-2H3. The number of likely N-dealkylation sites (tertiary alicyclic amines) is 1. The van der Waals surface area contributed by atoms with Gasteiger partial charge in [-0.2, -0.15) is 0 Å². The summed E-state index contributed by atoms with van der Waals surface area (Å²) in [4.78, 5) is 26.4. The van der Waals surface area contributed by atoms with Gasteiger partial charge in [0.25, 0.3) is 5.91 Å². The van der Waals surface area contributed by atoms with E-state index in [0.29, 0.717) is 35.7 Å². The molecule has 2 aromatic rings. The number of amides is 1. The van der Waals surface area contributed by atoms with E-state index in [1.54, 1.807) is 30.2 Å². The molecular formula is C17H19NO4. The van der Waals surface area contributed by atoms with Gasteiger partial charge in [-0.05, 0) is 30.9 Å². The zero-order valence-electron chi connectivity index (χ0n) is 12.8. The van der Waals surface area contributed by atoms with Gasteiger partial charge in [-0.15, -0.1) is 0 Å². The topological polar surface area (TPSA) is 59.8 Å². The molecule has 0 saturated carbocycles. The SMILES string of the molecule is COc1ccc2c(=O)cc(C(=O)N3CCC(C)CC3)oc2c1. The maximum absolute atomic E-state index is 12.5. The number of fused-ring (bicyclic) bond motifs is 1. The molecule has 1 saturated heterocycles. The van der Waals surface area contributed by atoms with Crippen LogP contribution in [-0.4, -0.2) is 31.0 Å². The summed E-state index contributed by atoms with van der Waals surface area (Å²) in [6.07, 6.45) is 1.97. The molecule has 0 atom stereocenters. The van der Waals surface area contributed by atoms with E-state index in [4.69, 9.17) is 9.15 Å². The number of carbonyl (C=O) groups excluding carboxylic acids is 1. The lowest BCUT2D eigenvalue weighted by Crippen LogP contribution is -2.38. The van der Waals surface area contributed by atoms with Crippen molar-refractivity contribution in [2.75, 3.05) is 20.2 Å². The second-order valence-corrected chi connectivity index (χ2v) is 5.81. The first-order valence-electron chi connectivity index (χ1n) is 7.49. The highest BCUT2D eigenvalue weighted by Crippen LogP contribution is 2.22. The van der Waals surface area contributed by atoms with Crippen LogP contribution in [0.25, 0.3) is 11.0 Å². The van der Waals surface area contributed by atoms with Crippen LogP contribution in [0.3, 0.4) is 0 Å². The van der Waals surface area contributed by atoms with E-state index < -0.39 is 0 Å². The van der Waals surface area contributed by atoms with Crippen LogP contribution in [0, 0.1) is 5.92 Å². The van der Waals surface area contributed by atoms with Crippen LogP contribution in [0.2, 0.25) is 0 Å². The van der Waals surface area contributed by atoms with Crippen molar-refractivity contribution in [3.63, 3.8) is 0 Å². The molecule has 0 aliphatic carbocycles. The molecule has 1 aromatic heterocycles. The highest BCUT2D eigenvalue weighted by atomic mass is 16.5. The minimum absolute atomic E-state index is 0.0975. The Morgan fingerprint density at radius 1 is 1.27 bits per heavy atom. The molecule has 116 valence electrons.